The number of nitrogens with zero attached hydrogens (tertiary/aromatic N) is 1. The molecular weight excluding hydrogens is 669 g/mol. The molecule has 0 fully saturated rings. The Hall–Kier alpha value is -1.43. The third kappa shape index (κ3) is 33.9. The van der Waals surface area contributed by atoms with E-state index in [2.05, 4.69) is 20.8 Å². The van der Waals surface area contributed by atoms with Gasteiger partial charge in [-0.3, -0.25) is 14.5 Å². The second kappa shape index (κ2) is 42.7. The van der Waals surface area contributed by atoms with Gasteiger partial charge in [0.15, 0.2) is 0 Å². The second-order valence-corrected chi connectivity index (χ2v) is 16.6. The smallest absolute Gasteiger partial charge is 0.329 e. The normalized spacial score (nSPS) is 11.9. The van der Waals surface area contributed by atoms with Gasteiger partial charge in [-0.2, -0.15) is 0 Å². The molecule has 2 N–H and O–H groups in total. The van der Waals surface area contributed by atoms with Crippen LogP contribution < -0.4 is 5.73 Å². The van der Waals surface area contributed by atoms with Crippen molar-refractivity contribution < 1.29 is 19.1 Å². The summed E-state index contributed by atoms with van der Waals surface area (Å²) in [5, 5.41) is 0. The third-order valence-electron chi connectivity index (χ3n) is 11.3. The molecule has 0 aliphatic carbocycles. The molecule has 0 aliphatic rings. The van der Waals surface area contributed by atoms with Gasteiger partial charge in [-0.15, -0.1) is 0 Å². The van der Waals surface area contributed by atoms with Crippen LogP contribution >= 0.6 is 0 Å². The van der Waals surface area contributed by atoms with Crippen LogP contribution in [0.25, 0.3) is 0 Å². The van der Waals surface area contributed by atoms with Gasteiger partial charge in [-0.25, -0.2) is 4.79 Å². The quantitative estimate of drug-likeness (QED) is 0.0493. The van der Waals surface area contributed by atoms with Crippen molar-refractivity contribution in [2.24, 2.45) is 5.73 Å². The monoisotopic (exact) mass is 763 g/mol. The average molecular weight is 763 g/mol. The number of nitrogens with two attached hydrogens (primary N) is 1. The molecule has 0 saturated heterocycles. The Labute approximate surface area is 337 Å². The first kappa shape index (κ1) is 52.6. The molecule has 0 spiro atoms. The summed E-state index contributed by atoms with van der Waals surface area (Å²) in [4.78, 5) is 42.4. The fourth-order valence-electron chi connectivity index (χ4n) is 7.65. The van der Waals surface area contributed by atoms with Crippen LogP contribution in [0.1, 0.15) is 271 Å². The maximum atomic E-state index is 13.7. The van der Waals surface area contributed by atoms with E-state index in [0.717, 1.165) is 64.2 Å². The summed E-state index contributed by atoms with van der Waals surface area (Å²) in [5.41, 5.74) is 5.81. The second-order valence-electron chi connectivity index (χ2n) is 16.6. The van der Waals surface area contributed by atoms with Crippen LogP contribution in [-0.4, -0.2) is 41.9 Å². The number of esters is 1. The molecular formula is C48H94N2O4. The van der Waals surface area contributed by atoms with Gasteiger partial charge in [0, 0.05) is 12.8 Å². The number of carbonyl (C=O) groups is 3. The Balaban J connectivity index is 4.82. The van der Waals surface area contributed by atoms with E-state index in [1.54, 1.807) is 0 Å². The van der Waals surface area contributed by atoms with E-state index in [1.807, 2.05) is 0 Å². The van der Waals surface area contributed by atoms with E-state index in [9.17, 15) is 14.4 Å². The van der Waals surface area contributed by atoms with Crippen molar-refractivity contribution in [2.45, 2.75) is 277 Å². The number of hydrogen-bond acceptors (Lipinski definition) is 5. The Morgan fingerprint density at radius 3 is 1.02 bits per heavy atom. The van der Waals surface area contributed by atoms with E-state index < -0.39 is 12.0 Å². The largest absolute Gasteiger partial charge is 0.464 e. The van der Waals surface area contributed by atoms with E-state index in [0.29, 0.717) is 38.8 Å². The summed E-state index contributed by atoms with van der Waals surface area (Å²) in [7, 11) is 0. The SMILES string of the molecule is CCCCCCCCCCCCCCCCCCOC(=O)[C@H](CCCCN)N(C(=O)CCCCCCCCCCC)C(=O)CCCCCCCCCCC. The van der Waals surface area contributed by atoms with Gasteiger partial charge in [0.2, 0.25) is 11.8 Å². The third-order valence-corrected chi connectivity index (χ3v) is 11.3. The molecule has 320 valence electrons. The van der Waals surface area contributed by atoms with Crippen LogP contribution in [0.3, 0.4) is 0 Å². The molecule has 6 heteroatoms. The molecule has 0 aliphatic heterocycles. The molecule has 0 aromatic rings. The van der Waals surface area contributed by atoms with Gasteiger partial charge < -0.3 is 10.5 Å². The molecule has 0 radical (unpaired) electrons. The number of hydrogen-bond donors (Lipinski definition) is 1. The van der Waals surface area contributed by atoms with Crippen molar-refractivity contribution in [3.63, 3.8) is 0 Å². The van der Waals surface area contributed by atoms with E-state index in [4.69, 9.17) is 10.5 Å². The van der Waals surface area contributed by atoms with E-state index in [1.165, 1.54) is 165 Å². The summed E-state index contributed by atoms with van der Waals surface area (Å²) in [5.74, 6) is -0.805. The molecule has 0 rings (SSSR count). The minimum atomic E-state index is -0.838. The van der Waals surface area contributed by atoms with Gasteiger partial charge in [0.1, 0.15) is 6.04 Å². The highest BCUT2D eigenvalue weighted by molar-refractivity contribution is 5.99. The standard InChI is InChI=1S/C48H94N2O4/c1-4-7-10-13-16-19-20-21-22-23-24-25-28-31-34-39-44-54-48(53)45(40-37-38-43-49)50(46(51)41-35-32-29-26-17-14-11-8-5-2)47(52)42-36-33-30-27-18-15-12-9-6-3/h45H,4-44,49H2,1-3H3/t45-/m0/s1. The van der Waals surface area contributed by atoms with Crippen molar-refractivity contribution in [1.29, 1.82) is 0 Å². The van der Waals surface area contributed by atoms with Gasteiger partial charge in [-0.1, -0.05) is 220 Å². The van der Waals surface area contributed by atoms with Crippen LogP contribution in [0.15, 0.2) is 0 Å². The van der Waals surface area contributed by atoms with Crippen molar-refractivity contribution in [1.82, 2.24) is 4.90 Å². The Kier molecular flexibility index (Phi) is 41.6. The maximum Gasteiger partial charge on any atom is 0.329 e. The lowest BCUT2D eigenvalue weighted by Gasteiger charge is -2.29. The van der Waals surface area contributed by atoms with Gasteiger partial charge in [-0.05, 0) is 45.1 Å². The fourth-order valence-corrected chi connectivity index (χ4v) is 7.65. The minimum absolute atomic E-state index is 0.198. The lowest BCUT2D eigenvalue weighted by atomic mass is 10.0. The highest BCUT2D eigenvalue weighted by atomic mass is 16.5. The Bertz CT molecular complexity index is 785. The maximum absolute atomic E-state index is 13.7. The average Bonchev–Trinajstić information content (AvgIpc) is 3.17. The highest BCUT2D eigenvalue weighted by Crippen LogP contribution is 2.20. The lowest BCUT2D eigenvalue weighted by molar-refractivity contribution is -0.162. The molecule has 1 atom stereocenters. The van der Waals surface area contributed by atoms with Gasteiger partial charge in [0.25, 0.3) is 0 Å². The summed E-state index contributed by atoms with van der Waals surface area (Å²) < 4.78 is 5.81. The predicted octanol–water partition coefficient (Wildman–Crippen LogP) is 14.5. The molecule has 0 aromatic carbocycles. The molecule has 0 saturated carbocycles. The van der Waals surface area contributed by atoms with Gasteiger partial charge in [0.05, 0.1) is 6.61 Å². The number of amides is 2. The van der Waals surface area contributed by atoms with Gasteiger partial charge >= 0.3 is 5.97 Å². The minimum Gasteiger partial charge on any atom is -0.464 e. The van der Waals surface area contributed by atoms with Crippen molar-refractivity contribution >= 4 is 17.8 Å². The van der Waals surface area contributed by atoms with Crippen LogP contribution in [0.5, 0.6) is 0 Å². The summed E-state index contributed by atoms with van der Waals surface area (Å²) in [6.45, 7) is 7.65. The van der Waals surface area contributed by atoms with Crippen molar-refractivity contribution in [3.8, 4) is 0 Å². The molecule has 0 bridgehead atoms. The molecule has 54 heavy (non-hydrogen) atoms. The summed E-state index contributed by atoms with van der Waals surface area (Å²) in [6, 6.07) is -0.838. The first-order chi connectivity index (χ1) is 26.5. The molecule has 6 nitrogen and oxygen atoms in total. The lowest BCUT2D eigenvalue weighted by Crippen LogP contribution is -2.49. The predicted molar refractivity (Wildman–Crippen MR) is 233 cm³/mol. The Morgan fingerprint density at radius 2 is 0.704 bits per heavy atom. The zero-order valence-corrected chi connectivity index (χ0v) is 36.7. The van der Waals surface area contributed by atoms with Crippen LogP contribution in [0.4, 0.5) is 0 Å². The first-order valence-electron chi connectivity index (χ1n) is 24.2. The van der Waals surface area contributed by atoms with Crippen molar-refractivity contribution in [2.75, 3.05) is 13.2 Å². The van der Waals surface area contributed by atoms with E-state index >= 15 is 0 Å². The molecule has 2 amide bonds. The topological polar surface area (TPSA) is 89.7 Å². The number of ether oxygens (including phenoxy) is 1. The molecule has 0 heterocycles. The zero-order valence-electron chi connectivity index (χ0n) is 36.7. The summed E-state index contributed by atoms with van der Waals surface area (Å²) >= 11 is 0. The van der Waals surface area contributed by atoms with Crippen LogP contribution in [-0.2, 0) is 19.1 Å². The van der Waals surface area contributed by atoms with Crippen LogP contribution in [0, 0.1) is 0 Å². The highest BCUT2D eigenvalue weighted by Gasteiger charge is 2.34. The number of imide groups is 1. The molecule has 0 unspecified atom stereocenters. The Morgan fingerprint density at radius 1 is 0.407 bits per heavy atom. The molecule has 0 aromatic heterocycles. The summed E-state index contributed by atoms with van der Waals surface area (Å²) in [6.07, 6.45) is 44.3. The van der Waals surface area contributed by atoms with Crippen LogP contribution in [0.2, 0.25) is 0 Å². The number of rotatable bonds is 43. The fraction of sp³-hybridized carbons (Fsp3) is 0.938. The van der Waals surface area contributed by atoms with Crippen molar-refractivity contribution in [3.05, 3.63) is 0 Å². The number of unbranched alkanes of at least 4 members (excludes halogenated alkanes) is 32. The first-order valence-corrected chi connectivity index (χ1v) is 24.2. The number of carbonyl (C=O) groups excluding carboxylic acids is 3. The zero-order chi connectivity index (χ0) is 39.6. The van der Waals surface area contributed by atoms with E-state index in [-0.39, 0.29) is 11.8 Å².